The molecule has 1 aromatic carbocycles. The van der Waals surface area contributed by atoms with Gasteiger partial charge in [-0.2, -0.15) is 0 Å². The Bertz CT molecular complexity index is 827. The van der Waals surface area contributed by atoms with Crippen molar-refractivity contribution in [1.82, 2.24) is 15.1 Å². The molecular weight excluding hydrogens is 354 g/mol. The number of piperidine rings is 2. The number of nitrogens with zero attached hydrogens (tertiary/aromatic N) is 2. The van der Waals surface area contributed by atoms with E-state index < -0.39 is 6.04 Å². The maximum atomic E-state index is 13.0. The van der Waals surface area contributed by atoms with Crippen molar-refractivity contribution in [2.45, 2.75) is 70.5 Å². The van der Waals surface area contributed by atoms with E-state index in [0.29, 0.717) is 18.9 Å². The van der Waals surface area contributed by atoms with Gasteiger partial charge < -0.3 is 4.90 Å². The second-order valence-electron chi connectivity index (χ2n) is 9.23. The zero-order valence-electron chi connectivity index (χ0n) is 17.0. The van der Waals surface area contributed by atoms with Gasteiger partial charge in [0, 0.05) is 30.6 Å². The topological polar surface area (TPSA) is 69.7 Å². The Morgan fingerprint density at radius 3 is 2.61 bits per heavy atom. The van der Waals surface area contributed by atoms with Crippen LogP contribution in [-0.4, -0.2) is 52.2 Å². The minimum Gasteiger partial charge on any atom is -0.322 e. The SMILES string of the molecule is CC(C)(C)N1CCCC(c2cccc3c2CN(C2CCC(=O)NC2=O)C3=O)C1. The van der Waals surface area contributed by atoms with Gasteiger partial charge in [0.2, 0.25) is 11.8 Å². The largest absolute Gasteiger partial charge is 0.322 e. The third-order valence-corrected chi connectivity index (χ3v) is 6.43. The summed E-state index contributed by atoms with van der Waals surface area (Å²) in [6.07, 6.45) is 2.96. The molecule has 2 saturated heterocycles. The molecule has 150 valence electrons. The first-order valence-electron chi connectivity index (χ1n) is 10.3. The van der Waals surface area contributed by atoms with E-state index in [4.69, 9.17) is 0 Å². The summed E-state index contributed by atoms with van der Waals surface area (Å²) in [6, 6.07) is 5.44. The van der Waals surface area contributed by atoms with Crippen LogP contribution in [-0.2, 0) is 16.1 Å². The van der Waals surface area contributed by atoms with Crippen LogP contribution in [0, 0.1) is 0 Å². The number of carbonyl (C=O) groups excluding carboxylic acids is 3. The van der Waals surface area contributed by atoms with Crippen LogP contribution in [0.5, 0.6) is 0 Å². The monoisotopic (exact) mass is 383 g/mol. The van der Waals surface area contributed by atoms with Gasteiger partial charge >= 0.3 is 0 Å². The molecule has 2 unspecified atom stereocenters. The molecule has 3 amide bonds. The summed E-state index contributed by atoms with van der Waals surface area (Å²) in [7, 11) is 0. The van der Waals surface area contributed by atoms with Crippen molar-refractivity contribution >= 4 is 17.7 Å². The maximum Gasteiger partial charge on any atom is 0.255 e. The highest BCUT2D eigenvalue weighted by molar-refractivity contribution is 6.05. The second kappa shape index (κ2) is 6.99. The summed E-state index contributed by atoms with van der Waals surface area (Å²) in [6.45, 7) is 9.31. The highest BCUT2D eigenvalue weighted by Gasteiger charge is 2.41. The number of amides is 3. The summed E-state index contributed by atoms with van der Waals surface area (Å²) in [5.41, 5.74) is 3.16. The molecule has 2 fully saturated rings. The van der Waals surface area contributed by atoms with Gasteiger partial charge in [-0.1, -0.05) is 12.1 Å². The zero-order valence-corrected chi connectivity index (χ0v) is 17.0. The van der Waals surface area contributed by atoms with E-state index in [1.165, 1.54) is 5.56 Å². The molecule has 1 N–H and O–H groups in total. The van der Waals surface area contributed by atoms with Gasteiger partial charge in [0.05, 0.1) is 0 Å². The number of imide groups is 1. The molecule has 0 bridgehead atoms. The number of fused-ring (bicyclic) bond motifs is 1. The molecular formula is C22H29N3O3. The van der Waals surface area contributed by atoms with Gasteiger partial charge in [-0.25, -0.2) is 0 Å². The third kappa shape index (κ3) is 3.34. The minimum absolute atomic E-state index is 0.0881. The molecule has 6 nitrogen and oxygen atoms in total. The Balaban J connectivity index is 1.60. The molecule has 0 saturated carbocycles. The van der Waals surface area contributed by atoms with E-state index in [-0.39, 0.29) is 29.7 Å². The lowest BCUT2D eigenvalue weighted by Crippen LogP contribution is -2.52. The lowest BCUT2D eigenvalue weighted by atomic mass is 9.85. The Morgan fingerprint density at radius 2 is 1.89 bits per heavy atom. The number of benzene rings is 1. The van der Waals surface area contributed by atoms with Crippen molar-refractivity contribution in [3.63, 3.8) is 0 Å². The van der Waals surface area contributed by atoms with Crippen LogP contribution in [0.25, 0.3) is 0 Å². The summed E-state index contributed by atoms with van der Waals surface area (Å²) in [5.74, 6) is -0.293. The minimum atomic E-state index is -0.553. The molecule has 1 aromatic rings. The number of hydrogen-bond donors (Lipinski definition) is 1. The Labute approximate surface area is 166 Å². The van der Waals surface area contributed by atoms with Crippen LogP contribution in [0.3, 0.4) is 0 Å². The van der Waals surface area contributed by atoms with Crippen molar-refractivity contribution in [3.05, 3.63) is 34.9 Å². The highest BCUT2D eigenvalue weighted by atomic mass is 16.2. The average Bonchev–Trinajstić information content (AvgIpc) is 2.98. The van der Waals surface area contributed by atoms with E-state index in [9.17, 15) is 14.4 Å². The van der Waals surface area contributed by atoms with E-state index in [1.807, 2.05) is 12.1 Å². The highest BCUT2D eigenvalue weighted by Crippen LogP contribution is 2.37. The number of carbonyl (C=O) groups is 3. The normalized spacial score (nSPS) is 26.4. The van der Waals surface area contributed by atoms with Crippen LogP contribution in [0.4, 0.5) is 0 Å². The van der Waals surface area contributed by atoms with Gasteiger partial charge in [0.25, 0.3) is 5.91 Å². The van der Waals surface area contributed by atoms with Gasteiger partial charge in [0.15, 0.2) is 0 Å². The first-order chi connectivity index (χ1) is 13.3. The second-order valence-corrected chi connectivity index (χ2v) is 9.23. The molecule has 3 aliphatic rings. The van der Waals surface area contributed by atoms with Crippen molar-refractivity contribution in [1.29, 1.82) is 0 Å². The van der Waals surface area contributed by atoms with Gasteiger partial charge in [0.1, 0.15) is 6.04 Å². The predicted molar refractivity (Wildman–Crippen MR) is 106 cm³/mol. The van der Waals surface area contributed by atoms with E-state index >= 15 is 0 Å². The van der Waals surface area contributed by atoms with Crippen molar-refractivity contribution in [2.75, 3.05) is 13.1 Å². The summed E-state index contributed by atoms with van der Waals surface area (Å²) in [4.78, 5) is 41.0. The lowest BCUT2D eigenvalue weighted by molar-refractivity contribution is -0.136. The van der Waals surface area contributed by atoms with E-state index in [2.05, 4.69) is 37.1 Å². The first-order valence-corrected chi connectivity index (χ1v) is 10.3. The Morgan fingerprint density at radius 1 is 1.11 bits per heavy atom. The number of hydrogen-bond acceptors (Lipinski definition) is 4. The fraction of sp³-hybridized carbons (Fsp3) is 0.591. The molecule has 0 radical (unpaired) electrons. The smallest absolute Gasteiger partial charge is 0.255 e. The van der Waals surface area contributed by atoms with Gasteiger partial charge in [-0.05, 0) is 69.7 Å². The molecule has 3 aliphatic heterocycles. The fourth-order valence-corrected chi connectivity index (χ4v) is 4.83. The van der Waals surface area contributed by atoms with Crippen LogP contribution in [0.2, 0.25) is 0 Å². The van der Waals surface area contributed by atoms with Crippen LogP contribution in [0.15, 0.2) is 18.2 Å². The molecule has 0 spiro atoms. The molecule has 3 heterocycles. The predicted octanol–water partition coefficient (Wildman–Crippen LogP) is 2.43. The number of rotatable bonds is 2. The lowest BCUT2D eigenvalue weighted by Gasteiger charge is -2.42. The average molecular weight is 383 g/mol. The zero-order chi connectivity index (χ0) is 20.1. The van der Waals surface area contributed by atoms with E-state index in [0.717, 1.165) is 37.1 Å². The molecule has 4 rings (SSSR count). The summed E-state index contributed by atoms with van der Waals surface area (Å²) >= 11 is 0. The fourth-order valence-electron chi connectivity index (χ4n) is 4.83. The molecule has 2 atom stereocenters. The van der Waals surface area contributed by atoms with Crippen LogP contribution < -0.4 is 5.32 Å². The molecule has 6 heteroatoms. The summed E-state index contributed by atoms with van der Waals surface area (Å²) < 4.78 is 0. The number of likely N-dealkylation sites (tertiary alicyclic amines) is 1. The van der Waals surface area contributed by atoms with Crippen molar-refractivity contribution in [2.24, 2.45) is 0 Å². The van der Waals surface area contributed by atoms with Crippen molar-refractivity contribution < 1.29 is 14.4 Å². The van der Waals surface area contributed by atoms with E-state index in [1.54, 1.807) is 4.90 Å². The number of nitrogens with one attached hydrogen (secondary N) is 1. The quantitative estimate of drug-likeness (QED) is 0.797. The molecule has 0 aliphatic carbocycles. The molecule has 28 heavy (non-hydrogen) atoms. The standard InChI is InChI=1S/C22H29N3O3/c1-22(2,3)24-11-5-6-14(12-24)15-7-4-8-16-17(15)13-25(21(16)28)18-9-10-19(26)23-20(18)27/h4,7-8,14,18H,5-6,9-13H2,1-3H3,(H,23,26,27). The maximum absolute atomic E-state index is 13.0. The Hall–Kier alpha value is -2.21. The summed E-state index contributed by atoms with van der Waals surface area (Å²) in [5, 5.41) is 2.38. The van der Waals surface area contributed by atoms with Crippen LogP contribution in [0.1, 0.15) is 73.9 Å². The Kier molecular flexibility index (Phi) is 4.78. The van der Waals surface area contributed by atoms with Crippen LogP contribution >= 0.6 is 0 Å². The van der Waals surface area contributed by atoms with Gasteiger partial charge in [-0.3, -0.25) is 24.6 Å². The van der Waals surface area contributed by atoms with Gasteiger partial charge in [-0.15, -0.1) is 0 Å². The van der Waals surface area contributed by atoms with Crippen molar-refractivity contribution in [3.8, 4) is 0 Å². The molecule has 0 aromatic heterocycles. The third-order valence-electron chi connectivity index (χ3n) is 6.43. The first kappa shape index (κ1) is 19.1.